The summed E-state index contributed by atoms with van der Waals surface area (Å²) in [4.78, 5) is 39.2. The number of alkyl halides is 1. The van der Waals surface area contributed by atoms with Gasteiger partial charge in [-0.2, -0.15) is 0 Å². The van der Waals surface area contributed by atoms with E-state index in [9.17, 15) is 14.4 Å². The first-order valence-electron chi connectivity index (χ1n) is 13.2. The van der Waals surface area contributed by atoms with E-state index in [1.54, 1.807) is 0 Å². The largest absolute Gasteiger partial charge is 0.400 e. The van der Waals surface area contributed by atoms with Gasteiger partial charge in [0.05, 0.1) is 3.42 Å². The van der Waals surface area contributed by atoms with Crippen LogP contribution in [0.5, 0.6) is 0 Å². The van der Waals surface area contributed by atoms with E-state index in [-0.39, 0.29) is 42.7 Å². The Bertz CT molecular complexity index is 919. The van der Waals surface area contributed by atoms with Crippen LogP contribution in [0.2, 0.25) is 0 Å². The summed E-state index contributed by atoms with van der Waals surface area (Å²) in [6.45, 7) is 11.5. The van der Waals surface area contributed by atoms with E-state index in [4.69, 9.17) is 5.11 Å². The lowest BCUT2D eigenvalue weighted by molar-refractivity contribution is -0.152. The van der Waals surface area contributed by atoms with E-state index in [0.29, 0.717) is 24.0 Å². The Morgan fingerprint density at radius 1 is 0.912 bits per heavy atom. The number of carbonyl (C=O) groups is 3. The molecule has 0 spiro atoms. The molecule has 0 aromatic rings. The predicted octanol–water partition coefficient (Wildman–Crippen LogP) is 6.12. The fourth-order valence-corrected chi connectivity index (χ4v) is 10.6. The second kappa shape index (κ2) is 8.49. The van der Waals surface area contributed by atoms with Gasteiger partial charge in [-0.3, -0.25) is 9.59 Å². The Morgan fingerprint density at radius 3 is 2.24 bits per heavy atom. The first-order chi connectivity index (χ1) is 15.8. The highest BCUT2D eigenvalue weighted by atomic mass is 127. The fraction of sp³-hybridized carbons (Fsp3) is 0.828. The van der Waals surface area contributed by atoms with Gasteiger partial charge in [0, 0.05) is 24.9 Å². The molecule has 5 aliphatic carbocycles. The van der Waals surface area contributed by atoms with Crippen molar-refractivity contribution in [3.63, 3.8) is 0 Å². The highest BCUT2D eigenvalue weighted by molar-refractivity contribution is 14.1. The van der Waals surface area contributed by atoms with E-state index >= 15 is 0 Å². The maximum Gasteiger partial charge on any atom is 0.159 e. The number of aldehydes is 1. The zero-order chi connectivity index (χ0) is 25.3. The van der Waals surface area contributed by atoms with Gasteiger partial charge < -0.3 is 9.90 Å². The van der Waals surface area contributed by atoms with Crippen molar-refractivity contribution >= 4 is 40.4 Å². The normalized spacial score (nSPS) is 49.2. The zero-order valence-corrected chi connectivity index (χ0v) is 24.0. The molecule has 4 saturated carbocycles. The quantitative estimate of drug-likeness (QED) is 0.230. The Labute approximate surface area is 219 Å². The molecule has 0 heterocycles. The van der Waals surface area contributed by atoms with Gasteiger partial charge in [0.1, 0.15) is 12.1 Å². The van der Waals surface area contributed by atoms with Gasteiger partial charge >= 0.3 is 0 Å². The molecule has 0 aliphatic heterocycles. The minimum Gasteiger partial charge on any atom is -0.400 e. The lowest BCUT2D eigenvalue weighted by Gasteiger charge is -2.65. The van der Waals surface area contributed by atoms with Gasteiger partial charge in [-0.25, -0.2) is 0 Å². The number of rotatable bonds is 1. The molecule has 8 atom stereocenters. The lowest BCUT2D eigenvalue weighted by atomic mass is 9.39. The Hall–Kier alpha value is -0.560. The van der Waals surface area contributed by atoms with Crippen LogP contribution in [0.15, 0.2) is 11.6 Å². The molecule has 8 unspecified atom stereocenters. The average molecular weight is 583 g/mol. The SMILES string of the molecule is CC1(C)CCC2(C=O)CCC3C(C(=O)C=C4C3(C)CCC3C(C)(I)C(=O)CCC43C)C2C1.CO. The molecule has 0 aromatic carbocycles. The highest BCUT2D eigenvalue weighted by Gasteiger charge is 2.66. The highest BCUT2D eigenvalue weighted by Crippen LogP contribution is 2.70. The van der Waals surface area contributed by atoms with E-state index < -0.39 is 0 Å². The van der Waals surface area contributed by atoms with E-state index in [0.717, 1.165) is 58.5 Å². The molecule has 4 fully saturated rings. The van der Waals surface area contributed by atoms with Gasteiger partial charge in [0.2, 0.25) is 0 Å². The van der Waals surface area contributed by atoms with Gasteiger partial charge in [-0.15, -0.1) is 0 Å². The molecule has 1 N–H and O–H groups in total. The van der Waals surface area contributed by atoms with Crippen molar-refractivity contribution in [3.05, 3.63) is 11.6 Å². The molecular formula is C29H43IO4. The summed E-state index contributed by atoms with van der Waals surface area (Å²) >= 11 is 2.41. The van der Waals surface area contributed by atoms with Crippen LogP contribution >= 0.6 is 22.6 Å². The van der Waals surface area contributed by atoms with E-state index in [1.807, 2.05) is 6.08 Å². The number of allylic oxidation sites excluding steroid dienone is 2. The number of ketones is 2. The summed E-state index contributed by atoms with van der Waals surface area (Å²) in [5.41, 5.74) is 1.17. The predicted molar refractivity (Wildman–Crippen MR) is 143 cm³/mol. The first-order valence-corrected chi connectivity index (χ1v) is 14.3. The van der Waals surface area contributed by atoms with E-state index in [1.165, 1.54) is 11.9 Å². The monoisotopic (exact) mass is 582 g/mol. The van der Waals surface area contributed by atoms with E-state index in [2.05, 4.69) is 57.2 Å². The molecular weight excluding hydrogens is 539 g/mol. The van der Waals surface area contributed by atoms with Crippen LogP contribution in [-0.4, -0.2) is 33.5 Å². The number of Topliss-reactive ketones (excluding diaryl/α,β-unsaturated/α-hetero) is 1. The number of fused-ring (bicyclic) bond motifs is 7. The Morgan fingerprint density at radius 2 is 1.59 bits per heavy atom. The summed E-state index contributed by atoms with van der Waals surface area (Å²) in [5, 5.41) is 7.00. The van der Waals surface area contributed by atoms with Gasteiger partial charge in [-0.1, -0.05) is 55.9 Å². The lowest BCUT2D eigenvalue weighted by Crippen LogP contribution is -2.62. The number of hydrogen-bond acceptors (Lipinski definition) is 4. The van der Waals surface area contributed by atoms with Crippen LogP contribution in [0.4, 0.5) is 0 Å². The van der Waals surface area contributed by atoms with Crippen LogP contribution in [-0.2, 0) is 14.4 Å². The fourth-order valence-electron chi connectivity index (χ4n) is 9.33. The summed E-state index contributed by atoms with van der Waals surface area (Å²) in [6, 6.07) is 0. The summed E-state index contributed by atoms with van der Waals surface area (Å²) in [7, 11) is 1.00. The zero-order valence-electron chi connectivity index (χ0n) is 21.9. The topological polar surface area (TPSA) is 71.4 Å². The molecule has 0 radical (unpaired) electrons. The smallest absolute Gasteiger partial charge is 0.159 e. The van der Waals surface area contributed by atoms with Crippen molar-refractivity contribution < 1.29 is 19.5 Å². The van der Waals surface area contributed by atoms with Crippen molar-refractivity contribution in [2.75, 3.05) is 7.11 Å². The first kappa shape index (κ1) is 26.5. The van der Waals surface area contributed by atoms with Crippen LogP contribution in [0.25, 0.3) is 0 Å². The molecule has 0 aromatic heterocycles. The number of aliphatic hydroxyl groups is 1. The molecule has 0 amide bonds. The Kier molecular flexibility index (Phi) is 6.62. The van der Waals surface area contributed by atoms with Crippen LogP contribution in [0, 0.1) is 45.3 Å². The number of halogens is 1. The third-order valence-electron chi connectivity index (χ3n) is 11.3. The second-order valence-corrected chi connectivity index (χ2v) is 15.6. The Balaban J connectivity index is 0.00000133. The maximum atomic E-state index is 13.9. The molecule has 190 valence electrons. The van der Waals surface area contributed by atoms with Crippen LogP contribution < -0.4 is 0 Å². The van der Waals surface area contributed by atoms with Crippen molar-refractivity contribution in [2.24, 2.45) is 45.3 Å². The van der Waals surface area contributed by atoms with Crippen molar-refractivity contribution in [2.45, 2.75) is 95.8 Å². The van der Waals surface area contributed by atoms with Crippen molar-refractivity contribution in [1.82, 2.24) is 0 Å². The minimum absolute atomic E-state index is 0.00751. The molecule has 5 heteroatoms. The number of hydrogen-bond donors (Lipinski definition) is 1. The molecule has 34 heavy (non-hydrogen) atoms. The third-order valence-corrected chi connectivity index (χ3v) is 12.6. The molecule has 5 aliphatic rings. The van der Waals surface area contributed by atoms with Crippen molar-refractivity contribution in [3.8, 4) is 0 Å². The summed E-state index contributed by atoms with van der Waals surface area (Å²) < 4.78 is -0.348. The molecule has 4 nitrogen and oxygen atoms in total. The average Bonchev–Trinajstić information content (AvgIpc) is 2.79. The summed E-state index contributed by atoms with van der Waals surface area (Å²) in [6.07, 6.45) is 11.8. The van der Waals surface area contributed by atoms with Gasteiger partial charge in [0.15, 0.2) is 5.78 Å². The second-order valence-electron chi connectivity index (χ2n) is 13.4. The number of aliphatic hydroxyl groups excluding tert-OH is 1. The van der Waals surface area contributed by atoms with Crippen LogP contribution in [0.1, 0.15) is 92.4 Å². The molecule has 0 saturated heterocycles. The van der Waals surface area contributed by atoms with Crippen molar-refractivity contribution in [1.29, 1.82) is 0 Å². The standard InChI is InChI=1S/C28H39IO3.CH4O/c1-24(2)12-13-28(16-30)11-6-17-23(18(28)15-24)19(31)14-21-25(17,3)9-7-20-26(21,4)10-8-22(32)27(20,5)29;1-2/h14,16-18,20,23H,6-13,15H2,1-5H3;2H,1H3. The minimum atomic E-state index is -0.348. The van der Waals surface area contributed by atoms with Gasteiger partial charge in [-0.05, 0) is 98.4 Å². The van der Waals surface area contributed by atoms with Crippen LogP contribution in [0.3, 0.4) is 0 Å². The van der Waals surface area contributed by atoms with Gasteiger partial charge in [0.25, 0.3) is 0 Å². The summed E-state index contributed by atoms with van der Waals surface area (Å²) in [5.74, 6) is 1.45. The number of carbonyl (C=O) groups excluding carboxylic acids is 3. The third kappa shape index (κ3) is 3.56. The molecule has 5 rings (SSSR count). The molecule has 0 bridgehead atoms. The maximum absolute atomic E-state index is 13.9.